The van der Waals surface area contributed by atoms with Crippen LogP contribution in [0.2, 0.25) is 0 Å². The lowest BCUT2D eigenvalue weighted by molar-refractivity contribution is -0.146. The van der Waals surface area contributed by atoms with Gasteiger partial charge in [-0.05, 0) is 18.4 Å². The van der Waals surface area contributed by atoms with E-state index in [1.165, 1.54) is 12.7 Å². The number of hydrogen-bond donors (Lipinski definition) is 0. The summed E-state index contributed by atoms with van der Waals surface area (Å²) >= 11 is 0. The van der Waals surface area contributed by atoms with Gasteiger partial charge < -0.3 is 9.64 Å². The fourth-order valence-electron chi connectivity index (χ4n) is 2.36. The summed E-state index contributed by atoms with van der Waals surface area (Å²) in [6, 6.07) is 10.1. The number of esters is 1. The van der Waals surface area contributed by atoms with Gasteiger partial charge in [0.25, 0.3) is 0 Å². The highest BCUT2D eigenvalue weighted by atomic mass is 16.5. The Hall–Kier alpha value is -1.84. The van der Waals surface area contributed by atoms with Crippen molar-refractivity contribution in [3.8, 4) is 0 Å². The minimum absolute atomic E-state index is 0.0710. The topological polar surface area (TPSA) is 46.6 Å². The van der Waals surface area contributed by atoms with Crippen molar-refractivity contribution in [1.29, 1.82) is 0 Å². The molecule has 0 aromatic heterocycles. The largest absolute Gasteiger partial charge is 0.469 e. The first kappa shape index (κ1) is 17.2. The van der Waals surface area contributed by atoms with Crippen LogP contribution in [0.5, 0.6) is 0 Å². The van der Waals surface area contributed by atoms with Crippen molar-refractivity contribution < 1.29 is 14.3 Å². The van der Waals surface area contributed by atoms with Crippen LogP contribution in [0.4, 0.5) is 0 Å². The van der Waals surface area contributed by atoms with Crippen molar-refractivity contribution in [3.05, 3.63) is 35.9 Å². The summed E-state index contributed by atoms with van der Waals surface area (Å²) in [4.78, 5) is 25.4. The maximum atomic E-state index is 12.3. The number of benzene rings is 1. The summed E-state index contributed by atoms with van der Waals surface area (Å²) in [6.07, 6.45) is 1.35. The van der Waals surface area contributed by atoms with E-state index in [-0.39, 0.29) is 23.7 Å². The van der Waals surface area contributed by atoms with Crippen LogP contribution in [0.3, 0.4) is 0 Å². The summed E-state index contributed by atoms with van der Waals surface area (Å²) < 4.78 is 4.69. The van der Waals surface area contributed by atoms with E-state index in [2.05, 4.69) is 12.1 Å². The van der Waals surface area contributed by atoms with Gasteiger partial charge in [0.1, 0.15) is 0 Å². The molecule has 21 heavy (non-hydrogen) atoms. The number of methoxy groups -OCH3 is 1. The molecule has 1 aromatic rings. The molecule has 0 aliphatic heterocycles. The van der Waals surface area contributed by atoms with E-state index in [9.17, 15) is 9.59 Å². The molecular formula is C17H25NO3. The van der Waals surface area contributed by atoms with Crippen molar-refractivity contribution in [2.45, 2.75) is 26.7 Å². The van der Waals surface area contributed by atoms with Gasteiger partial charge in [-0.1, -0.05) is 44.2 Å². The van der Waals surface area contributed by atoms with Crippen LogP contribution in [0.25, 0.3) is 0 Å². The van der Waals surface area contributed by atoms with Crippen LogP contribution in [0.15, 0.2) is 30.3 Å². The Bertz CT molecular complexity index is 458. The molecule has 0 saturated carbocycles. The van der Waals surface area contributed by atoms with Crippen molar-refractivity contribution in [3.63, 3.8) is 0 Å². The van der Waals surface area contributed by atoms with E-state index in [1.54, 1.807) is 11.8 Å². The molecule has 0 heterocycles. The normalized spacial score (nSPS) is 13.3. The maximum absolute atomic E-state index is 12.3. The summed E-state index contributed by atoms with van der Waals surface area (Å²) in [7, 11) is 3.18. The van der Waals surface area contributed by atoms with Crippen molar-refractivity contribution in [2.24, 2.45) is 11.8 Å². The van der Waals surface area contributed by atoms with Gasteiger partial charge in [0.05, 0.1) is 13.0 Å². The molecule has 0 radical (unpaired) electrons. The van der Waals surface area contributed by atoms with Gasteiger partial charge in [-0.3, -0.25) is 9.59 Å². The highest BCUT2D eigenvalue weighted by molar-refractivity contribution is 5.79. The number of ether oxygens (including phenoxy) is 1. The number of hydrogen-bond acceptors (Lipinski definition) is 3. The fourth-order valence-corrected chi connectivity index (χ4v) is 2.36. The lowest BCUT2D eigenvalue weighted by atomic mass is 9.96. The Labute approximate surface area is 127 Å². The van der Waals surface area contributed by atoms with Gasteiger partial charge in [0, 0.05) is 19.5 Å². The Kier molecular flexibility index (Phi) is 6.92. The summed E-state index contributed by atoms with van der Waals surface area (Å²) in [5.41, 5.74) is 1.22. The lowest BCUT2D eigenvalue weighted by Crippen LogP contribution is -2.34. The molecular weight excluding hydrogens is 266 g/mol. The van der Waals surface area contributed by atoms with E-state index in [0.29, 0.717) is 13.0 Å². The smallest absolute Gasteiger partial charge is 0.308 e. The molecule has 4 nitrogen and oxygen atoms in total. The molecule has 0 bridgehead atoms. The van der Waals surface area contributed by atoms with Crippen LogP contribution < -0.4 is 0 Å². The van der Waals surface area contributed by atoms with Gasteiger partial charge in [-0.15, -0.1) is 0 Å². The molecule has 1 amide bonds. The lowest BCUT2D eigenvalue weighted by Gasteiger charge is -2.22. The van der Waals surface area contributed by atoms with E-state index in [0.717, 1.165) is 6.42 Å². The summed E-state index contributed by atoms with van der Waals surface area (Å²) in [5, 5.41) is 0. The van der Waals surface area contributed by atoms with Crippen LogP contribution >= 0.6 is 0 Å². The van der Waals surface area contributed by atoms with Crippen LogP contribution in [0, 0.1) is 11.8 Å². The Morgan fingerprint density at radius 3 is 2.33 bits per heavy atom. The highest BCUT2D eigenvalue weighted by Crippen LogP contribution is 2.15. The van der Waals surface area contributed by atoms with Gasteiger partial charge >= 0.3 is 5.97 Å². The molecule has 0 aliphatic rings. The van der Waals surface area contributed by atoms with E-state index in [4.69, 9.17) is 4.74 Å². The minimum atomic E-state index is -0.262. The number of amides is 1. The molecule has 4 heteroatoms. The third kappa shape index (κ3) is 5.58. The molecule has 0 spiro atoms. The third-order valence-electron chi connectivity index (χ3n) is 3.69. The van der Waals surface area contributed by atoms with Gasteiger partial charge in [-0.25, -0.2) is 0 Å². The number of nitrogens with zero attached hydrogens (tertiary/aromatic N) is 1. The molecule has 0 saturated heterocycles. The third-order valence-corrected chi connectivity index (χ3v) is 3.69. The monoisotopic (exact) mass is 291 g/mol. The first-order chi connectivity index (χ1) is 9.95. The van der Waals surface area contributed by atoms with E-state index < -0.39 is 0 Å². The fraction of sp³-hybridized carbons (Fsp3) is 0.529. The summed E-state index contributed by atoms with van der Waals surface area (Å²) in [5.74, 6) is -0.625. The first-order valence-electron chi connectivity index (χ1n) is 7.32. The van der Waals surface area contributed by atoms with Gasteiger partial charge in [-0.2, -0.15) is 0 Å². The zero-order chi connectivity index (χ0) is 15.8. The van der Waals surface area contributed by atoms with Crippen LogP contribution in [-0.2, 0) is 20.7 Å². The van der Waals surface area contributed by atoms with Crippen LogP contribution in [-0.4, -0.2) is 37.5 Å². The molecule has 1 aromatic carbocycles. The number of carbonyl (C=O) groups is 2. The predicted molar refractivity (Wildman–Crippen MR) is 82.7 cm³/mol. The number of likely N-dealkylation sites (N-methyl/N-ethyl adjacent to an activating group) is 1. The standard InChI is InChI=1S/C17H25NO3/c1-13(12-14(2)17(20)21-4)16(19)18(3)11-10-15-8-6-5-7-9-15/h5-9,13-14H,10-12H2,1-4H3/t13?,14-/m0/s1. The molecule has 0 fully saturated rings. The number of rotatable bonds is 7. The predicted octanol–water partition coefficient (Wildman–Crippen LogP) is 2.52. The highest BCUT2D eigenvalue weighted by Gasteiger charge is 2.23. The van der Waals surface area contributed by atoms with E-state index >= 15 is 0 Å². The van der Waals surface area contributed by atoms with Crippen molar-refractivity contribution in [1.82, 2.24) is 4.90 Å². The average Bonchev–Trinajstić information content (AvgIpc) is 2.51. The summed E-state index contributed by atoms with van der Waals surface area (Å²) in [6.45, 7) is 4.33. The Balaban J connectivity index is 2.44. The molecule has 0 aliphatic carbocycles. The zero-order valence-electron chi connectivity index (χ0n) is 13.3. The Morgan fingerprint density at radius 1 is 1.14 bits per heavy atom. The molecule has 2 atom stereocenters. The average molecular weight is 291 g/mol. The SMILES string of the molecule is COC(=O)[C@@H](C)CC(C)C(=O)N(C)CCc1ccccc1. The van der Waals surface area contributed by atoms with Gasteiger partial charge in [0.2, 0.25) is 5.91 Å². The maximum Gasteiger partial charge on any atom is 0.308 e. The zero-order valence-corrected chi connectivity index (χ0v) is 13.3. The molecule has 116 valence electrons. The minimum Gasteiger partial charge on any atom is -0.469 e. The van der Waals surface area contributed by atoms with E-state index in [1.807, 2.05) is 32.2 Å². The first-order valence-corrected chi connectivity index (χ1v) is 7.32. The number of carbonyl (C=O) groups excluding carboxylic acids is 2. The molecule has 1 rings (SSSR count). The quantitative estimate of drug-likeness (QED) is 0.725. The van der Waals surface area contributed by atoms with Crippen molar-refractivity contribution >= 4 is 11.9 Å². The second-order valence-electron chi connectivity index (χ2n) is 5.56. The Morgan fingerprint density at radius 2 is 1.76 bits per heavy atom. The van der Waals surface area contributed by atoms with Crippen molar-refractivity contribution in [2.75, 3.05) is 20.7 Å². The molecule has 0 N–H and O–H groups in total. The molecule has 1 unspecified atom stereocenters. The van der Waals surface area contributed by atoms with Crippen LogP contribution in [0.1, 0.15) is 25.8 Å². The second kappa shape index (κ2) is 8.45. The second-order valence-corrected chi connectivity index (χ2v) is 5.56. The van der Waals surface area contributed by atoms with Gasteiger partial charge in [0.15, 0.2) is 0 Å².